The number of hydrogen-bond acceptors (Lipinski definition) is 2. The number of pyridine rings is 2. The van der Waals surface area contributed by atoms with Crippen LogP contribution in [0.1, 0.15) is 0 Å². The average molecular weight is 321 g/mol. The topological polar surface area (TPSA) is 34.9 Å². The van der Waals surface area contributed by atoms with E-state index in [4.69, 9.17) is 11.6 Å². The zero-order chi connectivity index (χ0) is 10.3. The normalized spacial score (nSPS) is 10.8. The first-order valence-electron chi connectivity index (χ1n) is 3.90. The third-order valence-corrected chi connectivity index (χ3v) is 3.01. The second-order valence-electron chi connectivity index (χ2n) is 2.92. The Morgan fingerprint density at radius 3 is 2.93 bits per heavy atom. The number of rotatable bonds is 0. The monoisotopic (exact) mass is 320 g/mol. The first-order valence-corrected chi connectivity index (χ1v) is 5.36. The van der Waals surface area contributed by atoms with E-state index in [1.165, 1.54) is 0 Å². The molecule has 0 saturated heterocycles. The molecule has 0 unspecified atom stereocenters. The van der Waals surface area contributed by atoms with Gasteiger partial charge in [0.15, 0.2) is 0 Å². The molecule has 14 heavy (non-hydrogen) atoms. The molecule has 0 atom stereocenters. The maximum absolute atomic E-state index is 11.6. The molecule has 0 fully saturated rings. The summed E-state index contributed by atoms with van der Waals surface area (Å²) < 4.78 is 2.26. The molecule has 0 radical (unpaired) electrons. The van der Waals surface area contributed by atoms with Crippen LogP contribution in [0.5, 0.6) is 0 Å². The van der Waals surface area contributed by atoms with E-state index < -0.39 is 0 Å². The summed E-state index contributed by atoms with van der Waals surface area (Å²) in [6, 6.07) is 3.50. The fourth-order valence-corrected chi connectivity index (χ4v) is 2.15. The zero-order valence-electron chi connectivity index (χ0n) is 7.29. The lowest BCUT2D eigenvalue weighted by Gasteiger charge is -2.05. The Kier molecular flexibility index (Phi) is 2.48. The number of halogens is 2. The van der Waals surface area contributed by atoms with Crippen molar-refractivity contribution in [1.29, 1.82) is 0 Å². The van der Waals surface area contributed by atoms with Crippen molar-refractivity contribution in [2.75, 3.05) is 0 Å². The number of fused-ring (bicyclic) bond motifs is 1. The molecular weight excluding hydrogens is 314 g/mol. The van der Waals surface area contributed by atoms with E-state index in [2.05, 4.69) is 4.98 Å². The van der Waals surface area contributed by atoms with Crippen LogP contribution in [0.2, 0.25) is 5.15 Å². The molecule has 2 aromatic rings. The van der Waals surface area contributed by atoms with Gasteiger partial charge >= 0.3 is 0 Å². The summed E-state index contributed by atoms with van der Waals surface area (Å²) in [6.07, 6.45) is 1.67. The van der Waals surface area contributed by atoms with Gasteiger partial charge in [-0.3, -0.25) is 4.79 Å². The van der Waals surface area contributed by atoms with Crippen LogP contribution >= 0.6 is 34.2 Å². The Balaban J connectivity index is 2.99. The molecule has 5 heteroatoms. The van der Waals surface area contributed by atoms with E-state index >= 15 is 0 Å². The van der Waals surface area contributed by atoms with E-state index in [-0.39, 0.29) is 5.56 Å². The first kappa shape index (κ1) is 9.92. The smallest absolute Gasteiger partial charge is 0.264 e. The lowest BCUT2D eigenvalue weighted by Crippen LogP contribution is -2.19. The molecule has 3 nitrogen and oxygen atoms in total. The Bertz CT molecular complexity index is 564. The van der Waals surface area contributed by atoms with E-state index in [0.717, 1.165) is 10.9 Å². The SMILES string of the molecule is Cn1c(=O)c(I)cc2cnc(Cl)cc21. The summed E-state index contributed by atoms with van der Waals surface area (Å²) in [7, 11) is 1.73. The highest BCUT2D eigenvalue weighted by Gasteiger charge is 2.04. The second kappa shape index (κ2) is 3.51. The average Bonchev–Trinajstić information content (AvgIpc) is 2.16. The van der Waals surface area contributed by atoms with E-state index in [0.29, 0.717) is 8.72 Å². The van der Waals surface area contributed by atoms with Crippen molar-refractivity contribution in [3.63, 3.8) is 0 Å². The van der Waals surface area contributed by atoms with Crippen LogP contribution in [0.25, 0.3) is 10.9 Å². The van der Waals surface area contributed by atoms with Gasteiger partial charge in [-0.25, -0.2) is 4.98 Å². The molecule has 0 spiro atoms. The molecule has 0 aromatic carbocycles. The highest BCUT2D eigenvalue weighted by atomic mass is 127. The lowest BCUT2D eigenvalue weighted by atomic mass is 10.3. The summed E-state index contributed by atoms with van der Waals surface area (Å²) in [5.41, 5.74) is 0.788. The maximum Gasteiger partial charge on any atom is 0.264 e. The molecule has 2 rings (SSSR count). The van der Waals surface area contributed by atoms with Gasteiger partial charge in [0, 0.05) is 18.6 Å². The van der Waals surface area contributed by atoms with E-state index in [1.807, 2.05) is 28.7 Å². The first-order chi connectivity index (χ1) is 6.59. The molecular formula is C9H6ClIN2O. The quantitative estimate of drug-likeness (QED) is 0.551. The van der Waals surface area contributed by atoms with Crippen molar-refractivity contribution in [1.82, 2.24) is 9.55 Å². The Labute approximate surface area is 98.9 Å². The van der Waals surface area contributed by atoms with Gasteiger partial charge in [0.05, 0.1) is 9.09 Å². The van der Waals surface area contributed by atoms with Crippen molar-refractivity contribution in [3.8, 4) is 0 Å². The van der Waals surface area contributed by atoms with E-state index in [9.17, 15) is 4.79 Å². The summed E-state index contributed by atoms with van der Waals surface area (Å²) in [5, 5.41) is 1.31. The van der Waals surface area contributed by atoms with Gasteiger partial charge in [0.25, 0.3) is 5.56 Å². The molecule has 2 heterocycles. The van der Waals surface area contributed by atoms with Gasteiger partial charge in [-0.2, -0.15) is 0 Å². The predicted molar refractivity (Wildman–Crippen MR) is 64.7 cm³/mol. The van der Waals surface area contributed by atoms with Crippen LogP contribution in [0, 0.1) is 3.57 Å². The van der Waals surface area contributed by atoms with Crippen LogP contribution in [0.15, 0.2) is 23.1 Å². The summed E-state index contributed by atoms with van der Waals surface area (Å²) in [4.78, 5) is 15.6. The number of aryl methyl sites for hydroxylation is 1. The minimum Gasteiger partial charge on any atom is -0.310 e. The predicted octanol–water partition coefficient (Wildman–Crippen LogP) is 2.19. The highest BCUT2D eigenvalue weighted by molar-refractivity contribution is 14.1. The van der Waals surface area contributed by atoms with Gasteiger partial charge < -0.3 is 4.57 Å². The molecule has 0 aliphatic carbocycles. The zero-order valence-corrected chi connectivity index (χ0v) is 10.2. The summed E-state index contributed by atoms with van der Waals surface area (Å²) >= 11 is 7.77. The molecule has 0 aliphatic rings. The largest absolute Gasteiger partial charge is 0.310 e. The van der Waals surface area contributed by atoms with Crippen LogP contribution in [-0.2, 0) is 7.05 Å². The van der Waals surface area contributed by atoms with Crippen molar-refractivity contribution in [3.05, 3.63) is 37.4 Å². The van der Waals surface area contributed by atoms with Gasteiger partial charge in [0.1, 0.15) is 5.15 Å². The third-order valence-electron chi connectivity index (χ3n) is 2.03. The van der Waals surface area contributed by atoms with Crippen molar-refractivity contribution in [2.24, 2.45) is 7.05 Å². The maximum atomic E-state index is 11.6. The van der Waals surface area contributed by atoms with Gasteiger partial charge in [0.2, 0.25) is 0 Å². The molecule has 0 saturated carbocycles. The van der Waals surface area contributed by atoms with Crippen LogP contribution < -0.4 is 5.56 Å². The number of aromatic nitrogens is 2. The van der Waals surface area contributed by atoms with Crippen molar-refractivity contribution in [2.45, 2.75) is 0 Å². The lowest BCUT2D eigenvalue weighted by molar-refractivity contribution is 0.897. The number of nitrogens with zero attached hydrogens (tertiary/aromatic N) is 2. The summed E-state index contributed by atoms with van der Waals surface area (Å²) in [6.45, 7) is 0. The highest BCUT2D eigenvalue weighted by Crippen LogP contribution is 2.16. The van der Waals surface area contributed by atoms with Gasteiger partial charge in [-0.15, -0.1) is 0 Å². The van der Waals surface area contributed by atoms with Crippen LogP contribution in [-0.4, -0.2) is 9.55 Å². The summed E-state index contributed by atoms with van der Waals surface area (Å²) in [5.74, 6) is 0. The van der Waals surface area contributed by atoms with Gasteiger partial charge in [-0.05, 0) is 34.7 Å². The van der Waals surface area contributed by atoms with Crippen LogP contribution in [0.3, 0.4) is 0 Å². The van der Waals surface area contributed by atoms with Crippen LogP contribution in [0.4, 0.5) is 0 Å². The second-order valence-corrected chi connectivity index (χ2v) is 4.47. The fraction of sp³-hybridized carbons (Fsp3) is 0.111. The molecule has 72 valence electrons. The van der Waals surface area contributed by atoms with Crippen molar-refractivity contribution >= 4 is 45.1 Å². The third kappa shape index (κ3) is 1.52. The van der Waals surface area contributed by atoms with Crippen molar-refractivity contribution < 1.29 is 0 Å². The fourth-order valence-electron chi connectivity index (χ4n) is 1.30. The molecule has 0 amide bonds. The van der Waals surface area contributed by atoms with E-state index in [1.54, 1.807) is 23.9 Å². The Hall–Kier alpha value is -0.620. The Morgan fingerprint density at radius 1 is 1.50 bits per heavy atom. The Morgan fingerprint density at radius 2 is 2.21 bits per heavy atom. The minimum absolute atomic E-state index is 0.0135. The van der Waals surface area contributed by atoms with Gasteiger partial charge in [-0.1, -0.05) is 11.6 Å². The molecule has 2 aromatic heterocycles. The molecule has 0 bridgehead atoms. The molecule has 0 aliphatic heterocycles. The molecule has 0 N–H and O–H groups in total. The number of hydrogen-bond donors (Lipinski definition) is 0. The standard InChI is InChI=1S/C9H6ClIN2O/c1-13-7-3-8(10)12-4-5(7)2-6(11)9(13)14/h2-4H,1H3. The minimum atomic E-state index is -0.0135.